The molecule has 1 N–H and O–H groups in total. The van der Waals surface area contributed by atoms with E-state index in [0.717, 1.165) is 5.56 Å². The van der Waals surface area contributed by atoms with Crippen molar-refractivity contribution in [1.82, 2.24) is 5.32 Å². The lowest BCUT2D eigenvalue weighted by atomic mass is 9.87. The fourth-order valence-electron chi connectivity index (χ4n) is 2.09. The first-order valence-corrected chi connectivity index (χ1v) is 6.68. The zero-order valence-corrected chi connectivity index (χ0v) is 12.6. The normalized spacial score (nSPS) is 13.1. The molecule has 1 atom stereocenters. The summed E-state index contributed by atoms with van der Waals surface area (Å²) in [7, 11) is 0. The first-order chi connectivity index (χ1) is 9.11. The highest BCUT2D eigenvalue weighted by Gasteiger charge is 2.27. The van der Waals surface area contributed by atoms with Gasteiger partial charge in [-0.05, 0) is 32.3 Å². The summed E-state index contributed by atoms with van der Waals surface area (Å²) in [5.41, 5.74) is 0.533. The SMILES string of the molecule is CC(C)C(C(=O)NC(C)(C)C)c1ccc([N+](=O)[O-])cc1. The third-order valence-electron chi connectivity index (χ3n) is 2.91. The van der Waals surface area contributed by atoms with E-state index >= 15 is 0 Å². The second-order valence-electron chi connectivity index (χ2n) is 6.31. The number of nitrogens with one attached hydrogen (secondary N) is 1. The van der Waals surface area contributed by atoms with E-state index in [1.807, 2.05) is 34.6 Å². The second kappa shape index (κ2) is 6.03. The largest absolute Gasteiger partial charge is 0.351 e. The quantitative estimate of drug-likeness (QED) is 0.678. The molecule has 20 heavy (non-hydrogen) atoms. The highest BCUT2D eigenvalue weighted by atomic mass is 16.6. The smallest absolute Gasteiger partial charge is 0.269 e. The van der Waals surface area contributed by atoms with Crippen LogP contribution in [0.15, 0.2) is 24.3 Å². The molecule has 0 saturated heterocycles. The van der Waals surface area contributed by atoms with E-state index in [0.29, 0.717) is 0 Å². The van der Waals surface area contributed by atoms with E-state index in [4.69, 9.17) is 0 Å². The van der Waals surface area contributed by atoms with E-state index in [1.165, 1.54) is 12.1 Å². The molecule has 0 aliphatic heterocycles. The Hall–Kier alpha value is -1.91. The van der Waals surface area contributed by atoms with Crippen LogP contribution < -0.4 is 5.32 Å². The van der Waals surface area contributed by atoms with Crippen LogP contribution in [0.1, 0.15) is 46.1 Å². The van der Waals surface area contributed by atoms with Crippen molar-refractivity contribution in [1.29, 1.82) is 0 Å². The summed E-state index contributed by atoms with van der Waals surface area (Å²) in [6.07, 6.45) is 0. The molecule has 0 aliphatic carbocycles. The Kier molecular flexibility index (Phi) is 4.87. The van der Waals surface area contributed by atoms with Gasteiger partial charge in [0.05, 0.1) is 10.8 Å². The number of nitrogens with zero attached hydrogens (tertiary/aromatic N) is 1. The molecule has 5 nitrogen and oxygen atoms in total. The molecule has 0 radical (unpaired) electrons. The topological polar surface area (TPSA) is 72.2 Å². The summed E-state index contributed by atoms with van der Waals surface area (Å²) in [5, 5.41) is 13.6. The van der Waals surface area contributed by atoms with E-state index < -0.39 is 4.92 Å². The summed E-state index contributed by atoms with van der Waals surface area (Å²) in [6.45, 7) is 9.72. The van der Waals surface area contributed by atoms with Gasteiger partial charge in [-0.1, -0.05) is 26.0 Å². The molecule has 0 aromatic heterocycles. The molecule has 1 unspecified atom stereocenters. The van der Waals surface area contributed by atoms with Crippen molar-refractivity contribution in [3.05, 3.63) is 39.9 Å². The monoisotopic (exact) mass is 278 g/mol. The van der Waals surface area contributed by atoms with Gasteiger partial charge in [-0.15, -0.1) is 0 Å². The zero-order chi connectivity index (χ0) is 15.5. The number of non-ortho nitro benzene ring substituents is 1. The number of hydrogen-bond donors (Lipinski definition) is 1. The van der Waals surface area contributed by atoms with Crippen LogP contribution in [0.3, 0.4) is 0 Å². The fraction of sp³-hybridized carbons (Fsp3) is 0.533. The summed E-state index contributed by atoms with van der Waals surface area (Å²) in [4.78, 5) is 22.6. The molecule has 0 spiro atoms. The van der Waals surface area contributed by atoms with Crippen molar-refractivity contribution < 1.29 is 9.72 Å². The van der Waals surface area contributed by atoms with Crippen LogP contribution in [0.25, 0.3) is 0 Å². The molecular weight excluding hydrogens is 256 g/mol. The number of rotatable bonds is 4. The molecule has 1 aromatic carbocycles. The Labute approximate surface area is 119 Å². The maximum Gasteiger partial charge on any atom is 0.269 e. The van der Waals surface area contributed by atoms with Crippen LogP contribution in [-0.4, -0.2) is 16.4 Å². The van der Waals surface area contributed by atoms with E-state index in [2.05, 4.69) is 5.32 Å². The highest BCUT2D eigenvalue weighted by molar-refractivity contribution is 5.84. The molecule has 1 aromatic rings. The molecule has 0 saturated carbocycles. The van der Waals surface area contributed by atoms with Crippen LogP contribution in [0.4, 0.5) is 5.69 Å². The molecule has 0 heterocycles. The predicted octanol–water partition coefficient (Wildman–Crippen LogP) is 3.25. The number of hydrogen-bond acceptors (Lipinski definition) is 3. The number of nitro benzene ring substituents is 1. The first-order valence-electron chi connectivity index (χ1n) is 6.68. The zero-order valence-electron chi connectivity index (χ0n) is 12.6. The molecular formula is C15H22N2O3. The highest BCUT2D eigenvalue weighted by Crippen LogP contribution is 2.27. The van der Waals surface area contributed by atoms with Crippen molar-refractivity contribution in [2.75, 3.05) is 0 Å². The van der Waals surface area contributed by atoms with Gasteiger partial charge in [0, 0.05) is 17.7 Å². The Morgan fingerprint density at radius 2 is 1.70 bits per heavy atom. The third-order valence-corrected chi connectivity index (χ3v) is 2.91. The Morgan fingerprint density at radius 3 is 2.05 bits per heavy atom. The molecule has 110 valence electrons. The van der Waals surface area contributed by atoms with Gasteiger partial charge in [-0.2, -0.15) is 0 Å². The van der Waals surface area contributed by atoms with Gasteiger partial charge in [0.1, 0.15) is 0 Å². The van der Waals surface area contributed by atoms with Crippen LogP contribution in [0.2, 0.25) is 0 Å². The molecule has 0 fully saturated rings. The third kappa shape index (κ3) is 4.33. The Bertz CT molecular complexity index is 487. The maximum absolute atomic E-state index is 12.4. The lowest BCUT2D eigenvalue weighted by Crippen LogP contribution is -2.44. The Balaban J connectivity index is 3.02. The minimum atomic E-state index is -0.441. The van der Waals surface area contributed by atoms with Crippen molar-refractivity contribution in [2.24, 2.45) is 5.92 Å². The van der Waals surface area contributed by atoms with Crippen molar-refractivity contribution in [3.8, 4) is 0 Å². The van der Waals surface area contributed by atoms with Crippen LogP contribution in [0.5, 0.6) is 0 Å². The summed E-state index contributed by atoms with van der Waals surface area (Å²) < 4.78 is 0. The minimum absolute atomic E-state index is 0.0347. The summed E-state index contributed by atoms with van der Waals surface area (Å²) >= 11 is 0. The van der Waals surface area contributed by atoms with Gasteiger partial charge in [0.25, 0.3) is 5.69 Å². The minimum Gasteiger partial charge on any atom is -0.351 e. The van der Waals surface area contributed by atoms with Gasteiger partial charge in [-0.25, -0.2) is 0 Å². The van der Waals surface area contributed by atoms with Crippen LogP contribution in [-0.2, 0) is 4.79 Å². The number of benzene rings is 1. The fourth-order valence-corrected chi connectivity index (χ4v) is 2.09. The van der Waals surface area contributed by atoms with Gasteiger partial charge >= 0.3 is 0 Å². The van der Waals surface area contributed by atoms with Crippen LogP contribution in [0, 0.1) is 16.0 Å². The molecule has 1 amide bonds. The predicted molar refractivity (Wildman–Crippen MR) is 78.6 cm³/mol. The lowest BCUT2D eigenvalue weighted by molar-refractivity contribution is -0.384. The van der Waals surface area contributed by atoms with Crippen molar-refractivity contribution in [3.63, 3.8) is 0 Å². The van der Waals surface area contributed by atoms with Crippen molar-refractivity contribution >= 4 is 11.6 Å². The molecule has 0 bridgehead atoms. The maximum atomic E-state index is 12.4. The van der Waals surface area contributed by atoms with Gasteiger partial charge in [-0.3, -0.25) is 14.9 Å². The second-order valence-corrected chi connectivity index (χ2v) is 6.31. The number of nitro groups is 1. The van der Waals surface area contributed by atoms with Crippen LogP contribution >= 0.6 is 0 Å². The molecule has 1 rings (SSSR count). The van der Waals surface area contributed by atoms with Gasteiger partial charge in [0.2, 0.25) is 5.91 Å². The van der Waals surface area contributed by atoms with E-state index in [9.17, 15) is 14.9 Å². The molecule has 0 aliphatic rings. The number of carbonyl (C=O) groups excluding carboxylic acids is 1. The standard InChI is InChI=1S/C15H22N2O3/c1-10(2)13(14(18)16-15(3,4)5)11-6-8-12(9-7-11)17(19)20/h6-10,13H,1-5H3,(H,16,18). The van der Waals surface area contributed by atoms with E-state index in [1.54, 1.807) is 12.1 Å². The van der Waals surface area contributed by atoms with Gasteiger partial charge in [0.15, 0.2) is 0 Å². The Morgan fingerprint density at radius 1 is 1.20 bits per heavy atom. The van der Waals surface area contributed by atoms with Gasteiger partial charge < -0.3 is 5.32 Å². The lowest BCUT2D eigenvalue weighted by Gasteiger charge is -2.27. The average molecular weight is 278 g/mol. The first kappa shape index (κ1) is 16.1. The number of carbonyl (C=O) groups is 1. The summed E-state index contributed by atoms with van der Waals surface area (Å²) in [6, 6.07) is 6.19. The molecule has 5 heteroatoms. The van der Waals surface area contributed by atoms with Crippen molar-refractivity contribution in [2.45, 2.75) is 46.1 Å². The average Bonchev–Trinajstić information content (AvgIpc) is 2.26. The summed E-state index contributed by atoms with van der Waals surface area (Å²) in [5.74, 6) is -0.254. The number of amides is 1. The van der Waals surface area contributed by atoms with E-state index in [-0.39, 0.29) is 29.0 Å².